The molecule has 1 fully saturated rings. The Kier molecular flexibility index (Phi) is 3.68. The molecular formula is C10H17N5OS. The van der Waals surface area contributed by atoms with E-state index in [9.17, 15) is 0 Å². The average molecular weight is 255 g/mol. The van der Waals surface area contributed by atoms with E-state index >= 15 is 0 Å². The summed E-state index contributed by atoms with van der Waals surface area (Å²) >= 11 is 1.61. The van der Waals surface area contributed by atoms with Gasteiger partial charge in [0.1, 0.15) is 0 Å². The summed E-state index contributed by atoms with van der Waals surface area (Å²) in [5, 5.41) is 1.07. The van der Waals surface area contributed by atoms with E-state index in [1.165, 1.54) is 0 Å². The molecular weight excluding hydrogens is 238 g/mol. The van der Waals surface area contributed by atoms with Crippen molar-refractivity contribution in [2.24, 2.45) is 0 Å². The third-order valence-electron chi connectivity index (χ3n) is 2.58. The molecule has 2 unspecified atom stereocenters. The van der Waals surface area contributed by atoms with Gasteiger partial charge in [0.05, 0.1) is 6.10 Å². The van der Waals surface area contributed by atoms with Crippen molar-refractivity contribution >= 4 is 23.7 Å². The Bertz CT molecular complexity index is 400. The molecule has 1 aliphatic heterocycles. The van der Waals surface area contributed by atoms with Crippen molar-refractivity contribution < 1.29 is 4.74 Å². The van der Waals surface area contributed by atoms with E-state index < -0.39 is 0 Å². The Morgan fingerprint density at radius 3 is 2.71 bits per heavy atom. The van der Waals surface area contributed by atoms with Crippen LogP contribution in [0.5, 0.6) is 0 Å². The van der Waals surface area contributed by atoms with E-state index in [0.29, 0.717) is 16.4 Å². The molecule has 0 radical (unpaired) electrons. The highest BCUT2D eigenvalue weighted by molar-refractivity contribution is 7.99. The Hall–Kier alpha value is -1.08. The number of nitrogens with zero attached hydrogens (tertiary/aromatic N) is 4. The molecule has 0 saturated carbocycles. The van der Waals surface area contributed by atoms with Crippen LogP contribution < -0.4 is 10.6 Å². The number of nitrogens with two attached hydrogens (primary N) is 1. The van der Waals surface area contributed by atoms with E-state index in [4.69, 9.17) is 10.5 Å². The zero-order valence-electron chi connectivity index (χ0n) is 10.3. The molecule has 0 bridgehead atoms. The van der Waals surface area contributed by atoms with Crippen LogP contribution in [-0.4, -0.2) is 47.0 Å². The van der Waals surface area contributed by atoms with E-state index in [1.807, 2.05) is 19.0 Å². The number of hydrogen-bond acceptors (Lipinski definition) is 7. The van der Waals surface area contributed by atoms with Crippen molar-refractivity contribution in [3.8, 4) is 0 Å². The highest BCUT2D eigenvalue weighted by Gasteiger charge is 2.26. The second kappa shape index (κ2) is 5.05. The number of rotatable bonds is 3. The predicted molar refractivity (Wildman–Crippen MR) is 68.2 cm³/mol. The van der Waals surface area contributed by atoms with Crippen LogP contribution in [0.25, 0.3) is 0 Å². The molecule has 2 N–H and O–H groups in total. The molecule has 2 atom stereocenters. The molecule has 7 heteroatoms. The molecule has 1 aromatic rings. The summed E-state index contributed by atoms with van der Waals surface area (Å²) in [4.78, 5) is 14.4. The largest absolute Gasteiger partial charge is 0.377 e. The molecule has 1 saturated heterocycles. The molecule has 1 aromatic heterocycles. The first-order chi connectivity index (χ1) is 8.06. The topological polar surface area (TPSA) is 77.2 Å². The van der Waals surface area contributed by atoms with Crippen molar-refractivity contribution in [1.82, 2.24) is 15.0 Å². The number of nitrogen functional groups attached to an aromatic ring is 1. The van der Waals surface area contributed by atoms with Crippen LogP contribution in [0.1, 0.15) is 13.3 Å². The first kappa shape index (κ1) is 12.4. The summed E-state index contributed by atoms with van der Waals surface area (Å²) in [5.41, 5.74) is 5.67. The Morgan fingerprint density at radius 1 is 1.35 bits per heavy atom. The number of aromatic nitrogens is 3. The molecule has 0 aliphatic carbocycles. The van der Waals surface area contributed by atoms with Crippen molar-refractivity contribution in [2.75, 3.05) is 31.3 Å². The van der Waals surface area contributed by atoms with Crippen molar-refractivity contribution in [3.05, 3.63) is 0 Å². The molecule has 2 rings (SSSR count). The van der Waals surface area contributed by atoms with E-state index in [1.54, 1.807) is 11.8 Å². The van der Waals surface area contributed by atoms with Crippen LogP contribution in [-0.2, 0) is 4.74 Å². The van der Waals surface area contributed by atoms with Gasteiger partial charge in [-0.2, -0.15) is 15.0 Å². The van der Waals surface area contributed by atoms with Crippen LogP contribution in [0.15, 0.2) is 5.16 Å². The Balaban J connectivity index is 2.15. The third kappa shape index (κ3) is 2.98. The standard InChI is InChI=1S/C10H17N5OS/c1-6-7(4-5-16-6)17-10-13-8(11)12-9(14-10)15(2)3/h6-7H,4-5H2,1-3H3,(H2,11,12,13,14). The lowest BCUT2D eigenvalue weighted by atomic mass is 10.3. The van der Waals surface area contributed by atoms with Gasteiger partial charge in [-0.25, -0.2) is 0 Å². The maximum Gasteiger partial charge on any atom is 0.230 e. The molecule has 0 aromatic carbocycles. The zero-order chi connectivity index (χ0) is 12.4. The maximum atomic E-state index is 5.67. The summed E-state index contributed by atoms with van der Waals surface area (Å²) in [7, 11) is 3.76. The van der Waals surface area contributed by atoms with E-state index in [0.717, 1.165) is 13.0 Å². The smallest absolute Gasteiger partial charge is 0.230 e. The van der Waals surface area contributed by atoms with Crippen LogP contribution in [0.2, 0.25) is 0 Å². The van der Waals surface area contributed by atoms with E-state index in [-0.39, 0.29) is 12.1 Å². The number of ether oxygens (including phenoxy) is 1. The fourth-order valence-electron chi connectivity index (χ4n) is 1.62. The van der Waals surface area contributed by atoms with Gasteiger partial charge in [0.25, 0.3) is 0 Å². The summed E-state index contributed by atoms with van der Waals surface area (Å²) in [6.45, 7) is 2.88. The van der Waals surface area contributed by atoms with Gasteiger partial charge in [-0.3, -0.25) is 0 Å². The monoisotopic (exact) mass is 255 g/mol. The second-order valence-electron chi connectivity index (χ2n) is 4.19. The first-order valence-corrected chi connectivity index (χ1v) is 6.41. The third-order valence-corrected chi connectivity index (χ3v) is 3.90. The summed E-state index contributed by atoms with van der Waals surface area (Å²) in [5.74, 6) is 0.851. The molecule has 0 amide bonds. The predicted octanol–water partition coefficient (Wildman–Crippen LogP) is 0.789. The van der Waals surface area contributed by atoms with Crippen LogP contribution in [0.3, 0.4) is 0 Å². The Morgan fingerprint density at radius 2 is 2.12 bits per heavy atom. The highest BCUT2D eigenvalue weighted by atomic mass is 32.2. The van der Waals surface area contributed by atoms with Crippen molar-refractivity contribution in [1.29, 1.82) is 0 Å². The first-order valence-electron chi connectivity index (χ1n) is 5.53. The minimum Gasteiger partial charge on any atom is -0.377 e. The second-order valence-corrected chi connectivity index (χ2v) is 5.40. The average Bonchev–Trinajstić information content (AvgIpc) is 2.63. The summed E-state index contributed by atoms with van der Waals surface area (Å²) in [6, 6.07) is 0. The molecule has 6 nitrogen and oxygen atoms in total. The van der Waals surface area contributed by atoms with Gasteiger partial charge >= 0.3 is 0 Å². The number of anilines is 2. The van der Waals surface area contributed by atoms with Crippen LogP contribution in [0.4, 0.5) is 11.9 Å². The fourth-order valence-corrected chi connectivity index (χ4v) is 2.65. The van der Waals surface area contributed by atoms with Gasteiger partial charge in [-0.15, -0.1) is 0 Å². The lowest BCUT2D eigenvalue weighted by Gasteiger charge is -2.14. The minimum absolute atomic E-state index is 0.237. The van der Waals surface area contributed by atoms with Gasteiger partial charge in [0.2, 0.25) is 11.9 Å². The maximum absolute atomic E-state index is 5.67. The summed E-state index contributed by atoms with van der Waals surface area (Å²) < 4.78 is 5.51. The highest BCUT2D eigenvalue weighted by Crippen LogP contribution is 2.31. The van der Waals surface area contributed by atoms with E-state index in [2.05, 4.69) is 21.9 Å². The fraction of sp³-hybridized carbons (Fsp3) is 0.700. The van der Waals surface area contributed by atoms with Gasteiger partial charge < -0.3 is 15.4 Å². The number of hydrogen-bond donors (Lipinski definition) is 1. The van der Waals surface area contributed by atoms with Crippen LogP contribution >= 0.6 is 11.8 Å². The summed E-state index contributed by atoms with van der Waals surface area (Å²) in [6.07, 6.45) is 1.26. The lowest BCUT2D eigenvalue weighted by molar-refractivity contribution is 0.127. The minimum atomic E-state index is 0.237. The quantitative estimate of drug-likeness (QED) is 0.855. The van der Waals surface area contributed by atoms with Crippen LogP contribution in [0, 0.1) is 0 Å². The molecule has 94 valence electrons. The zero-order valence-corrected chi connectivity index (χ0v) is 11.1. The SMILES string of the molecule is CC1OCCC1Sc1nc(N)nc(N(C)C)n1. The van der Waals surface area contributed by atoms with Crippen molar-refractivity contribution in [3.63, 3.8) is 0 Å². The molecule has 2 heterocycles. The van der Waals surface area contributed by atoms with Gasteiger partial charge in [-0.1, -0.05) is 11.8 Å². The van der Waals surface area contributed by atoms with Gasteiger partial charge in [0, 0.05) is 26.0 Å². The normalized spacial score (nSPS) is 23.9. The van der Waals surface area contributed by atoms with Gasteiger partial charge in [-0.05, 0) is 13.3 Å². The Labute approximate surface area is 105 Å². The number of thioether (sulfide) groups is 1. The van der Waals surface area contributed by atoms with Crippen molar-refractivity contribution in [2.45, 2.75) is 29.9 Å². The van der Waals surface area contributed by atoms with Gasteiger partial charge in [0.15, 0.2) is 5.16 Å². The molecule has 0 spiro atoms. The molecule has 17 heavy (non-hydrogen) atoms. The molecule has 1 aliphatic rings. The lowest BCUT2D eigenvalue weighted by Crippen LogP contribution is -2.17.